The van der Waals surface area contributed by atoms with Crippen LogP contribution in [0.5, 0.6) is 0 Å². The highest BCUT2D eigenvalue weighted by atomic mass is 16.2. The molecular weight excluding hydrogens is 378 g/mol. The average Bonchev–Trinajstić information content (AvgIpc) is 3.28. The van der Waals surface area contributed by atoms with Crippen molar-refractivity contribution in [3.63, 3.8) is 0 Å². The highest BCUT2D eigenvalue weighted by molar-refractivity contribution is 6.54. The number of nitrogens with one attached hydrogen (secondary N) is 1. The third-order valence-corrected chi connectivity index (χ3v) is 5.48. The zero-order valence-corrected chi connectivity index (χ0v) is 16.6. The van der Waals surface area contributed by atoms with Crippen LogP contribution in [0, 0.1) is 5.41 Å². The summed E-state index contributed by atoms with van der Waals surface area (Å²) in [5.41, 5.74) is 3.64. The molecule has 2 heterocycles. The second-order valence-electron chi connectivity index (χ2n) is 8.04. The summed E-state index contributed by atoms with van der Waals surface area (Å²) in [4.78, 5) is 25.6. The average molecular weight is 397 g/mol. The van der Waals surface area contributed by atoms with Gasteiger partial charge in [0.25, 0.3) is 5.91 Å². The van der Waals surface area contributed by atoms with Crippen LogP contribution in [0.2, 0.25) is 0 Å². The van der Waals surface area contributed by atoms with E-state index in [2.05, 4.69) is 20.6 Å². The van der Waals surface area contributed by atoms with Crippen LogP contribution in [-0.4, -0.2) is 32.9 Å². The Balaban J connectivity index is 1.57. The summed E-state index contributed by atoms with van der Waals surface area (Å²) in [6.07, 6.45) is 2.16. The van der Waals surface area contributed by atoms with Crippen molar-refractivity contribution in [2.75, 3.05) is 5.32 Å². The quantitative estimate of drug-likeness (QED) is 0.672. The number of hydrogen-bond donors (Lipinski definition) is 1. The van der Waals surface area contributed by atoms with E-state index in [1.54, 1.807) is 10.9 Å². The Kier molecular flexibility index (Phi) is 3.99. The van der Waals surface area contributed by atoms with E-state index in [1.165, 1.54) is 0 Å². The molecule has 1 amide bonds. The summed E-state index contributed by atoms with van der Waals surface area (Å²) in [5, 5.41) is 15.7. The van der Waals surface area contributed by atoms with Gasteiger partial charge in [-0.2, -0.15) is 10.2 Å². The Morgan fingerprint density at radius 3 is 2.50 bits per heavy atom. The topological polar surface area (TPSA) is 88.7 Å². The van der Waals surface area contributed by atoms with Crippen LogP contribution < -0.4 is 5.32 Å². The molecule has 0 spiro atoms. The molecule has 1 aliphatic heterocycles. The number of hydrogen-bond acceptors (Lipinski definition) is 5. The van der Waals surface area contributed by atoms with E-state index < -0.39 is 5.41 Å². The van der Waals surface area contributed by atoms with Crippen LogP contribution in [0.15, 0.2) is 71.0 Å². The highest BCUT2D eigenvalue weighted by Gasteiger charge is 2.41. The zero-order chi connectivity index (χ0) is 20.9. The SMILES string of the molecule is CC1(C)Cc2c(cnn2-c2ccccc2)C(=O)/C1=N\N=C1/C(=O)Nc2ccccc21. The molecule has 0 saturated carbocycles. The van der Waals surface area contributed by atoms with Gasteiger partial charge in [-0.05, 0) is 18.2 Å². The molecule has 0 fully saturated rings. The lowest BCUT2D eigenvalue weighted by Gasteiger charge is -2.30. The number of para-hydroxylation sites is 2. The molecule has 7 heteroatoms. The van der Waals surface area contributed by atoms with Crippen molar-refractivity contribution < 1.29 is 9.59 Å². The molecule has 0 bridgehead atoms. The third-order valence-electron chi connectivity index (χ3n) is 5.48. The summed E-state index contributed by atoms with van der Waals surface area (Å²) < 4.78 is 1.80. The van der Waals surface area contributed by atoms with E-state index in [4.69, 9.17) is 0 Å². The van der Waals surface area contributed by atoms with Gasteiger partial charge in [0, 0.05) is 17.4 Å². The van der Waals surface area contributed by atoms with E-state index >= 15 is 0 Å². The van der Waals surface area contributed by atoms with Crippen molar-refractivity contribution in [3.8, 4) is 5.69 Å². The van der Waals surface area contributed by atoms with Gasteiger partial charge in [-0.15, -0.1) is 5.10 Å². The first-order chi connectivity index (χ1) is 14.5. The fourth-order valence-corrected chi connectivity index (χ4v) is 3.94. The Morgan fingerprint density at radius 1 is 0.967 bits per heavy atom. The van der Waals surface area contributed by atoms with Crippen molar-refractivity contribution in [2.24, 2.45) is 15.6 Å². The Bertz CT molecular complexity index is 1250. The maximum atomic E-state index is 13.3. The first kappa shape index (κ1) is 18.2. The van der Waals surface area contributed by atoms with Crippen LogP contribution in [0.3, 0.4) is 0 Å². The zero-order valence-electron chi connectivity index (χ0n) is 16.6. The summed E-state index contributed by atoms with van der Waals surface area (Å²) >= 11 is 0. The van der Waals surface area contributed by atoms with Gasteiger partial charge in [-0.1, -0.05) is 50.2 Å². The van der Waals surface area contributed by atoms with Gasteiger partial charge >= 0.3 is 0 Å². The number of aromatic nitrogens is 2. The van der Waals surface area contributed by atoms with E-state index in [9.17, 15) is 9.59 Å². The molecule has 1 aromatic heterocycles. The Morgan fingerprint density at radius 2 is 1.70 bits per heavy atom. The van der Waals surface area contributed by atoms with Crippen LogP contribution in [0.4, 0.5) is 5.69 Å². The van der Waals surface area contributed by atoms with Crippen LogP contribution in [0.1, 0.15) is 35.5 Å². The Hall–Kier alpha value is -3.87. The Labute approximate surface area is 173 Å². The first-order valence-corrected chi connectivity index (χ1v) is 9.69. The molecule has 2 aliphatic rings. The normalized spacial score (nSPS) is 19.7. The molecule has 0 radical (unpaired) electrons. The predicted octanol–water partition coefficient (Wildman–Crippen LogP) is 3.43. The van der Waals surface area contributed by atoms with Gasteiger partial charge in [0.2, 0.25) is 5.78 Å². The number of Topliss-reactive ketones (excluding diaryl/α,β-unsaturated/α-hetero) is 1. The van der Waals surface area contributed by atoms with E-state index in [0.717, 1.165) is 11.4 Å². The molecule has 3 aromatic rings. The van der Waals surface area contributed by atoms with E-state index in [-0.39, 0.29) is 17.4 Å². The molecule has 30 heavy (non-hydrogen) atoms. The van der Waals surface area contributed by atoms with Crippen molar-refractivity contribution in [1.82, 2.24) is 9.78 Å². The van der Waals surface area contributed by atoms with Crippen molar-refractivity contribution in [1.29, 1.82) is 0 Å². The van der Waals surface area contributed by atoms with E-state index in [0.29, 0.717) is 28.9 Å². The monoisotopic (exact) mass is 397 g/mol. The lowest BCUT2D eigenvalue weighted by Crippen LogP contribution is -2.39. The number of anilines is 1. The second kappa shape index (κ2) is 6.59. The maximum Gasteiger partial charge on any atom is 0.276 e. The largest absolute Gasteiger partial charge is 0.320 e. The maximum absolute atomic E-state index is 13.3. The van der Waals surface area contributed by atoms with Crippen LogP contribution in [-0.2, 0) is 11.2 Å². The van der Waals surface area contributed by atoms with E-state index in [1.807, 2.05) is 68.4 Å². The summed E-state index contributed by atoms with van der Waals surface area (Å²) in [6, 6.07) is 17.0. The van der Waals surface area contributed by atoms with Crippen molar-refractivity contribution in [2.45, 2.75) is 20.3 Å². The number of carbonyl (C=O) groups is 2. The summed E-state index contributed by atoms with van der Waals surface area (Å²) in [7, 11) is 0. The molecule has 1 aliphatic carbocycles. The molecule has 7 nitrogen and oxygen atoms in total. The number of carbonyl (C=O) groups excluding carboxylic acids is 2. The number of rotatable bonds is 2. The molecule has 148 valence electrons. The van der Waals surface area contributed by atoms with Gasteiger partial charge in [0.1, 0.15) is 5.71 Å². The molecule has 2 aromatic carbocycles. The lowest BCUT2D eigenvalue weighted by molar-refractivity contribution is -0.110. The van der Waals surface area contributed by atoms with Gasteiger partial charge in [0.15, 0.2) is 5.71 Å². The molecule has 0 saturated heterocycles. The number of fused-ring (bicyclic) bond motifs is 2. The minimum absolute atomic E-state index is 0.209. The van der Waals surface area contributed by atoms with Crippen LogP contribution >= 0.6 is 0 Å². The highest BCUT2D eigenvalue weighted by Crippen LogP contribution is 2.34. The molecule has 0 unspecified atom stereocenters. The first-order valence-electron chi connectivity index (χ1n) is 9.69. The van der Waals surface area contributed by atoms with Crippen molar-refractivity contribution in [3.05, 3.63) is 77.6 Å². The third kappa shape index (κ3) is 2.78. The molecular formula is C23H19N5O2. The van der Waals surface area contributed by atoms with Crippen LogP contribution in [0.25, 0.3) is 5.69 Å². The molecule has 0 atom stereocenters. The molecule has 5 rings (SSSR count). The van der Waals surface area contributed by atoms with Gasteiger partial charge in [0.05, 0.1) is 28.8 Å². The predicted molar refractivity (Wildman–Crippen MR) is 114 cm³/mol. The number of ketones is 1. The molecule has 1 N–H and O–H groups in total. The standard InChI is InChI=1S/C23H19N5O2/c1-23(2)12-18-16(13-24-28(18)14-8-4-3-5-9-14)20(29)21(23)27-26-19-15-10-6-7-11-17(15)25-22(19)30/h3-11,13H,12H2,1-2H3,(H,25,26,30)/b27-21+. The minimum Gasteiger partial charge on any atom is -0.320 e. The number of benzene rings is 2. The number of amides is 1. The van der Waals surface area contributed by atoms with Gasteiger partial charge in [-0.25, -0.2) is 4.68 Å². The lowest BCUT2D eigenvalue weighted by atomic mass is 9.74. The van der Waals surface area contributed by atoms with Crippen molar-refractivity contribution >= 4 is 28.8 Å². The smallest absolute Gasteiger partial charge is 0.276 e. The number of nitrogens with zero attached hydrogens (tertiary/aromatic N) is 4. The summed E-state index contributed by atoms with van der Waals surface area (Å²) in [5.74, 6) is -0.529. The van der Waals surface area contributed by atoms with Gasteiger partial charge in [-0.3, -0.25) is 9.59 Å². The minimum atomic E-state index is -0.560. The fourth-order valence-electron chi connectivity index (χ4n) is 3.94. The second-order valence-corrected chi connectivity index (χ2v) is 8.04. The van der Waals surface area contributed by atoms with Gasteiger partial charge < -0.3 is 5.32 Å². The summed E-state index contributed by atoms with van der Waals surface area (Å²) in [6.45, 7) is 3.91. The fraction of sp³-hybridized carbons (Fsp3) is 0.174.